The van der Waals surface area contributed by atoms with Crippen molar-refractivity contribution < 1.29 is 0 Å². The predicted octanol–water partition coefficient (Wildman–Crippen LogP) is 2.28. The van der Waals surface area contributed by atoms with Crippen LogP contribution in [0.1, 0.15) is 18.4 Å². The number of aliphatic imine (C=N–C) groups is 1. The molecule has 0 aromatic heterocycles. The van der Waals surface area contributed by atoms with Crippen molar-refractivity contribution in [3.63, 3.8) is 0 Å². The molecule has 0 saturated carbocycles. The van der Waals surface area contributed by atoms with Gasteiger partial charge in [0, 0.05) is 24.1 Å². The largest absolute Gasteiger partial charge is 0.356 e. The highest BCUT2D eigenvalue weighted by Gasteiger charge is 2.02. The van der Waals surface area contributed by atoms with Gasteiger partial charge in [-0.3, -0.25) is 4.99 Å². The minimum Gasteiger partial charge on any atom is -0.356 e. The standard InChI is InChI=1S/C12H16BrN3/c13-11-5-3-4-10(8-11)9-16-12-14-6-1-2-7-15-12/h3-5,8H,1-2,6-7,9H2,(H2,14,15,16). The molecule has 4 heteroatoms. The van der Waals surface area contributed by atoms with Gasteiger partial charge in [0.2, 0.25) is 0 Å². The molecule has 0 bridgehead atoms. The zero-order valence-electron chi connectivity index (χ0n) is 9.17. The van der Waals surface area contributed by atoms with Crippen molar-refractivity contribution in [2.24, 2.45) is 4.99 Å². The Morgan fingerprint density at radius 1 is 1.38 bits per heavy atom. The summed E-state index contributed by atoms with van der Waals surface area (Å²) in [5, 5.41) is 6.62. The van der Waals surface area contributed by atoms with Crippen LogP contribution in [0.3, 0.4) is 0 Å². The molecule has 1 aromatic carbocycles. The Morgan fingerprint density at radius 2 is 2.31 bits per heavy atom. The number of hydrogen-bond acceptors (Lipinski definition) is 3. The normalized spacial score (nSPS) is 15.9. The lowest BCUT2D eigenvalue weighted by Crippen LogP contribution is -2.36. The Morgan fingerprint density at radius 3 is 3.19 bits per heavy atom. The first-order valence-corrected chi connectivity index (χ1v) is 6.40. The third-order valence-electron chi connectivity index (χ3n) is 2.50. The zero-order valence-corrected chi connectivity index (χ0v) is 10.8. The van der Waals surface area contributed by atoms with Crippen LogP contribution < -0.4 is 10.6 Å². The highest BCUT2D eigenvalue weighted by molar-refractivity contribution is 9.10. The number of nitrogens with zero attached hydrogens (tertiary/aromatic N) is 1. The van der Waals surface area contributed by atoms with Gasteiger partial charge in [-0.25, -0.2) is 0 Å². The maximum absolute atomic E-state index is 4.44. The van der Waals surface area contributed by atoms with Gasteiger partial charge in [-0.15, -0.1) is 0 Å². The van der Waals surface area contributed by atoms with Gasteiger partial charge in [0.15, 0.2) is 5.96 Å². The van der Waals surface area contributed by atoms with Gasteiger partial charge in [0.1, 0.15) is 0 Å². The van der Waals surface area contributed by atoms with Crippen LogP contribution >= 0.6 is 15.9 Å². The Labute approximate surface area is 104 Å². The average Bonchev–Trinajstić information content (AvgIpc) is 2.55. The maximum atomic E-state index is 4.44. The molecule has 0 spiro atoms. The third-order valence-corrected chi connectivity index (χ3v) is 2.99. The fraction of sp³-hybridized carbons (Fsp3) is 0.417. The molecule has 2 N–H and O–H groups in total. The van der Waals surface area contributed by atoms with E-state index in [1.54, 1.807) is 0 Å². The SMILES string of the molecule is Brc1cccc(CNC2=NCCCCN2)c1. The van der Waals surface area contributed by atoms with E-state index in [1.807, 2.05) is 12.1 Å². The van der Waals surface area contributed by atoms with Crippen LogP contribution in [0.5, 0.6) is 0 Å². The average molecular weight is 282 g/mol. The summed E-state index contributed by atoms with van der Waals surface area (Å²) in [4.78, 5) is 4.44. The second-order valence-electron chi connectivity index (χ2n) is 3.85. The van der Waals surface area contributed by atoms with Crippen molar-refractivity contribution >= 4 is 21.9 Å². The fourth-order valence-corrected chi connectivity index (χ4v) is 2.09. The minimum absolute atomic E-state index is 0.811. The van der Waals surface area contributed by atoms with Crippen molar-refractivity contribution in [2.75, 3.05) is 13.1 Å². The molecular weight excluding hydrogens is 266 g/mol. The molecule has 0 atom stereocenters. The zero-order chi connectivity index (χ0) is 11.2. The van der Waals surface area contributed by atoms with E-state index in [0.29, 0.717) is 0 Å². The smallest absolute Gasteiger partial charge is 0.191 e. The van der Waals surface area contributed by atoms with Gasteiger partial charge in [0.05, 0.1) is 0 Å². The van der Waals surface area contributed by atoms with E-state index in [-0.39, 0.29) is 0 Å². The van der Waals surface area contributed by atoms with Crippen molar-refractivity contribution in [1.82, 2.24) is 10.6 Å². The molecule has 86 valence electrons. The molecule has 1 aliphatic heterocycles. The Bertz CT molecular complexity index is 376. The number of halogens is 1. The number of nitrogens with one attached hydrogen (secondary N) is 2. The summed E-state index contributed by atoms with van der Waals surface area (Å²) in [6, 6.07) is 8.30. The van der Waals surface area contributed by atoms with Crippen LogP contribution in [0.15, 0.2) is 33.7 Å². The molecule has 1 aliphatic rings. The third kappa shape index (κ3) is 3.52. The van der Waals surface area contributed by atoms with Gasteiger partial charge in [-0.1, -0.05) is 28.1 Å². The van der Waals surface area contributed by atoms with Gasteiger partial charge >= 0.3 is 0 Å². The van der Waals surface area contributed by atoms with Crippen LogP contribution in [0.4, 0.5) is 0 Å². The van der Waals surface area contributed by atoms with Crippen LogP contribution in [0.25, 0.3) is 0 Å². The topological polar surface area (TPSA) is 36.4 Å². The molecular formula is C12H16BrN3. The van der Waals surface area contributed by atoms with Crippen LogP contribution in [0.2, 0.25) is 0 Å². The van der Waals surface area contributed by atoms with Crippen molar-refractivity contribution in [3.8, 4) is 0 Å². The first-order chi connectivity index (χ1) is 7.84. The lowest BCUT2D eigenvalue weighted by Gasteiger charge is -2.10. The molecule has 0 radical (unpaired) electrons. The molecule has 0 aliphatic carbocycles. The number of benzene rings is 1. The summed E-state index contributed by atoms with van der Waals surface area (Å²) < 4.78 is 1.11. The molecule has 0 unspecified atom stereocenters. The molecule has 2 rings (SSSR count). The second-order valence-corrected chi connectivity index (χ2v) is 4.76. The molecule has 0 fully saturated rings. The molecule has 3 nitrogen and oxygen atoms in total. The fourth-order valence-electron chi connectivity index (χ4n) is 1.64. The predicted molar refractivity (Wildman–Crippen MR) is 70.5 cm³/mol. The lowest BCUT2D eigenvalue weighted by atomic mass is 10.2. The Balaban J connectivity index is 1.89. The highest BCUT2D eigenvalue weighted by Crippen LogP contribution is 2.11. The van der Waals surface area contributed by atoms with E-state index in [1.165, 1.54) is 18.4 Å². The monoisotopic (exact) mass is 281 g/mol. The van der Waals surface area contributed by atoms with Gasteiger partial charge in [-0.2, -0.15) is 0 Å². The summed E-state index contributed by atoms with van der Waals surface area (Å²) in [7, 11) is 0. The molecule has 1 aromatic rings. The number of rotatable bonds is 2. The molecule has 1 heterocycles. The van der Waals surface area contributed by atoms with E-state index in [0.717, 1.165) is 30.1 Å². The lowest BCUT2D eigenvalue weighted by molar-refractivity contribution is 0.742. The molecule has 0 saturated heterocycles. The van der Waals surface area contributed by atoms with Gasteiger partial charge in [-0.05, 0) is 30.5 Å². The van der Waals surface area contributed by atoms with E-state index in [2.05, 4.69) is 43.7 Å². The van der Waals surface area contributed by atoms with E-state index >= 15 is 0 Å². The van der Waals surface area contributed by atoms with Gasteiger partial charge < -0.3 is 10.6 Å². The van der Waals surface area contributed by atoms with E-state index < -0.39 is 0 Å². The first kappa shape index (κ1) is 11.5. The van der Waals surface area contributed by atoms with Crippen LogP contribution in [0, 0.1) is 0 Å². The van der Waals surface area contributed by atoms with Crippen LogP contribution in [-0.2, 0) is 6.54 Å². The Hall–Kier alpha value is -1.03. The summed E-state index contributed by atoms with van der Waals surface area (Å²) in [5.74, 6) is 0.928. The van der Waals surface area contributed by atoms with Gasteiger partial charge in [0.25, 0.3) is 0 Å². The molecule has 0 amide bonds. The molecule has 16 heavy (non-hydrogen) atoms. The van der Waals surface area contributed by atoms with Crippen molar-refractivity contribution in [1.29, 1.82) is 0 Å². The summed E-state index contributed by atoms with van der Waals surface area (Å²) in [6.45, 7) is 2.75. The minimum atomic E-state index is 0.811. The summed E-state index contributed by atoms with van der Waals surface area (Å²) in [6.07, 6.45) is 2.38. The highest BCUT2D eigenvalue weighted by atomic mass is 79.9. The number of hydrogen-bond donors (Lipinski definition) is 2. The van der Waals surface area contributed by atoms with Crippen molar-refractivity contribution in [3.05, 3.63) is 34.3 Å². The first-order valence-electron chi connectivity index (χ1n) is 5.61. The number of guanidine groups is 1. The van der Waals surface area contributed by atoms with E-state index in [4.69, 9.17) is 0 Å². The maximum Gasteiger partial charge on any atom is 0.191 e. The van der Waals surface area contributed by atoms with Crippen molar-refractivity contribution in [2.45, 2.75) is 19.4 Å². The van der Waals surface area contributed by atoms with E-state index in [9.17, 15) is 0 Å². The summed E-state index contributed by atoms with van der Waals surface area (Å²) in [5.41, 5.74) is 1.25. The van der Waals surface area contributed by atoms with Crippen LogP contribution in [-0.4, -0.2) is 19.0 Å². The quantitative estimate of drug-likeness (QED) is 0.873. The second kappa shape index (κ2) is 5.89. The Kier molecular flexibility index (Phi) is 4.22. The summed E-state index contributed by atoms with van der Waals surface area (Å²) >= 11 is 3.47.